The van der Waals surface area contributed by atoms with E-state index in [9.17, 15) is 4.79 Å². The number of anilines is 1. The summed E-state index contributed by atoms with van der Waals surface area (Å²) < 4.78 is 1.92. The summed E-state index contributed by atoms with van der Waals surface area (Å²) >= 11 is 0. The van der Waals surface area contributed by atoms with E-state index in [0.717, 1.165) is 22.9 Å². The smallest absolute Gasteiger partial charge is 0.305 e. The highest BCUT2D eigenvalue weighted by atomic mass is 16.4. The van der Waals surface area contributed by atoms with Gasteiger partial charge in [0.2, 0.25) is 0 Å². The molecule has 0 unspecified atom stereocenters. The minimum absolute atomic E-state index is 0.0885. The molecule has 6 nitrogen and oxygen atoms in total. The van der Waals surface area contributed by atoms with Crippen molar-refractivity contribution in [3.63, 3.8) is 0 Å². The molecule has 2 rings (SSSR count). The number of carboxylic acids is 1. The lowest BCUT2D eigenvalue weighted by Crippen LogP contribution is -2.27. The van der Waals surface area contributed by atoms with Gasteiger partial charge >= 0.3 is 5.97 Å². The van der Waals surface area contributed by atoms with Crippen LogP contribution in [0.4, 0.5) is 5.69 Å². The highest BCUT2D eigenvalue weighted by molar-refractivity contribution is 5.68. The Balaban J connectivity index is 2.26. The predicted molar refractivity (Wildman–Crippen MR) is 80.2 cm³/mol. The molecule has 0 radical (unpaired) electrons. The van der Waals surface area contributed by atoms with Gasteiger partial charge in [0.15, 0.2) is 5.82 Å². The van der Waals surface area contributed by atoms with Gasteiger partial charge in [-0.1, -0.05) is 18.2 Å². The van der Waals surface area contributed by atoms with Gasteiger partial charge in [-0.15, -0.1) is 10.2 Å². The Hall–Kier alpha value is -2.37. The van der Waals surface area contributed by atoms with Crippen LogP contribution < -0.4 is 4.90 Å². The molecule has 0 aliphatic rings. The monoisotopic (exact) mass is 288 g/mol. The third-order valence-electron chi connectivity index (χ3n) is 3.57. The van der Waals surface area contributed by atoms with Gasteiger partial charge in [0.05, 0.1) is 13.0 Å². The summed E-state index contributed by atoms with van der Waals surface area (Å²) in [5.41, 5.74) is 2.14. The fourth-order valence-corrected chi connectivity index (χ4v) is 2.19. The van der Waals surface area contributed by atoms with Crippen LogP contribution in [0.2, 0.25) is 0 Å². The van der Waals surface area contributed by atoms with E-state index in [0.29, 0.717) is 13.1 Å². The fourth-order valence-electron chi connectivity index (χ4n) is 2.19. The Morgan fingerprint density at radius 1 is 1.29 bits per heavy atom. The number of aliphatic carboxylic acids is 1. The van der Waals surface area contributed by atoms with Crippen LogP contribution in [0.25, 0.3) is 0 Å². The number of aryl methyl sites for hydroxylation is 2. The molecule has 2 aromatic rings. The molecular weight excluding hydrogens is 268 g/mol. The molecule has 0 aliphatic heterocycles. The van der Waals surface area contributed by atoms with Crippen molar-refractivity contribution in [2.75, 3.05) is 11.4 Å². The average Bonchev–Trinajstić information content (AvgIpc) is 2.76. The van der Waals surface area contributed by atoms with Gasteiger partial charge in [0.1, 0.15) is 5.82 Å². The maximum absolute atomic E-state index is 10.9. The zero-order chi connectivity index (χ0) is 15.4. The SMILES string of the molecule is Cc1ccccc1N(CCC(=O)O)Cc1nnc(C)n1C. The second kappa shape index (κ2) is 6.39. The highest BCUT2D eigenvalue weighted by Gasteiger charge is 2.15. The quantitative estimate of drug-likeness (QED) is 0.879. The number of benzene rings is 1. The third kappa shape index (κ3) is 3.59. The molecule has 1 heterocycles. The molecule has 0 amide bonds. The maximum Gasteiger partial charge on any atom is 0.305 e. The van der Waals surface area contributed by atoms with Gasteiger partial charge in [-0.25, -0.2) is 0 Å². The van der Waals surface area contributed by atoms with E-state index in [4.69, 9.17) is 5.11 Å². The number of rotatable bonds is 6. The topological polar surface area (TPSA) is 71.2 Å². The molecule has 0 spiro atoms. The van der Waals surface area contributed by atoms with E-state index >= 15 is 0 Å². The standard InChI is InChI=1S/C15H20N4O2/c1-11-6-4-5-7-13(11)19(9-8-15(20)21)10-14-17-16-12(2)18(14)3/h4-7H,8-10H2,1-3H3,(H,20,21). The van der Waals surface area contributed by atoms with E-state index in [1.54, 1.807) is 0 Å². The summed E-state index contributed by atoms with van der Waals surface area (Å²) in [5.74, 6) is 0.858. The first-order valence-corrected chi connectivity index (χ1v) is 6.86. The minimum Gasteiger partial charge on any atom is -0.481 e. The van der Waals surface area contributed by atoms with Crippen LogP contribution in [0, 0.1) is 13.8 Å². The number of carboxylic acid groups (broad SMARTS) is 1. The van der Waals surface area contributed by atoms with Crippen LogP contribution in [-0.4, -0.2) is 32.4 Å². The Morgan fingerprint density at radius 3 is 2.57 bits per heavy atom. The van der Waals surface area contributed by atoms with Crippen LogP contribution in [0.1, 0.15) is 23.6 Å². The zero-order valence-electron chi connectivity index (χ0n) is 12.6. The lowest BCUT2D eigenvalue weighted by atomic mass is 10.1. The van der Waals surface area contributed by atoms with E-state index in [1.807, 2.05) is 54.6 Å². The second-order valence-corrected chi connectivity index (χ2v) is 5.07. The number of nitrogens with zero attached hydrogens (tertiary/aromatic N) is 4. The van der Waals surface area contributed by atoms with Gasteiger partial charge in [-0.05, 0) is 25.5 Å². The summed E-state index contributed by atoms with van der Waals surface area (Å²) in [7, 11) is 1.91. The number of hydrogen-bond acceptors (Lipinski definition) is 4. The number of para-hydroxylation sites is 1. The highest BCUT2D eigenvalue weighted by Crippen LogP contribution is 2.21. The van der Waals surface area contributed by atoms with Crippen LogP contribution in [-0.2, 0) is 18.4 Å². The zero-order valence-corrected chi connectivity index (χ0v) is 12.6. The van der Waals surface area contributed by atoms with Crippen molar-refractivity contribution >= 4 is 11.7 Å². The predicted octanol–water partition coefficient (Wildman–Crippen LogP) is 1.91. The molecule has 0 aliphatic carbocycles. The second-order valence-electron chi connectivity index (χ2n) is 5.07. The molecule has 0 atom stereocenters. The summed E-state index contributed by atoms with van der Waals surface area (Å²) in [6.45, 7) is 4.89. The van der Waals surface area contributed by atoms with E-state index in [2.05, 4.69) is 10.2 Å². The Morgan fingerprint density at radius 2 is 2.00 bits per heavy atom. The molecule has 6 heteroatoms. The van der Waals surface area contributed by atoms with Crippen LogP contribution in [0.3, 0.4) is 0 Å². The molecule has 0 bridgehead atoms. The number of hydrogen-bond donors (Lipinski definition) is 1. The molecule has 0 fully saturated rings. The molecule has 21 heavy (non-hydrogen) atoms. The summed E-state index contributed by atoms with van der Waals surface area (Å²) in [4.78, 5) is 12.9. The van der Waals surface area contributed by atoms with Crippen molar-refractivity contribution in [1.29, 1.82) is 0 Å². The molecule has 0 saturated heterocycles. The van der Waals surface area contributed by atoms with Crippen molar-refractivity contribution in [3.05, 3.63) is 41.5 Å². The number of aromatic nitrogens is 3. The van der Waals surface area contributed by atoms with Crippen LogP contribution in [0.5, 0.6) is 0 Å². The molecule has 112 valence electrons. The minimum atomic E-state index is -0.803. The Bertz CT molecular complexity index is 636. The summed E-state index contributed by atoms with van der Waals surface area (Å²) in [6.07, 6.45) is 0.0885. The first-order chi connectivity index (χ1) is 9.99. The van der Waals surface area contributed by atoms with E-state index < -0.39 is 5.97 Å². The largest absolute Gasteiger partial charge is 0.481 e. The van der Waals surface area contributed by atoms with Gasteiger partial charge in [0, 0.05) is 19.3 Å². The summed E-state index contributed by atoms with van der Waals surface area (Å²) in [6, 6.07) is 7.95. The first-order valence-electron chi connectivity index (χ1n) is 6.86. The maximum atomic E-state index is 10.9. The average molecular weight is 288 g/mol. The fraction of sp³-hybridized carbons (Fsp3) is 0.400. The van der Waals surface area contributed by atoms with Gasteiger partial charge in [-0.3, -0.25) is 4.79 Å². The molecular formula is C15H20N4O2. The molecule has 0 saturated carbocycles. The van der Waals surface area contributed by atoms with Gasteiger partial charge < -0.3 is 14.6 Å². The normalized spacial score (nSPS) is 10.6. The molecule has 1 N–H and O–H groups in total. The Kier molecular flexibility index (Phi) is 4.57. The van der Waals surface area contributed by atoms with Crippen LogP contribution >= 0.6 is 0 Å². The first kappa shape index (κ1) is 15.0. The van der Waals surface area contributed by atoms with Gasteiger partial charge in [0.25, 0.3) is 0 Å². The summed E-state index contributed by atoms with van der Waals surface area (Å²) in [5, 5.41) is 17.2. The van der Waals surface area contributed by atoms with Crippen molar-refractivity contribution in [3.8, 4) is 0 Å². The molecule has 1 aromatic heterocycles. The molecule has 1 aromatic carbocycles. The van der Waals surface area contributed by atoms with Crippen LogP contribution in [0.15, 0.2) is 24.3 Å². The Labute approximate surface area is 124 Å². The van der Waals surface area contributed by atoms with Gasteiger partial charge in [-0.2, -0.15) is 0 Å². The van der Waals surface area contributed by atoms with Crippen molar-refractivity contribution in [2.24, 2.45) is 7.05 Å². The van der Waals surface area contributed by atoms with E-state index in [1.165, 1.54) is 0 Å². The number of carbonyl (C=O) groups is 1. The third-order valence-corrected chi connectivity index (χ3v) is 3.57. The lowest BCUT2D eigenvalue weighted by molar-refractivity contribution is -0.136. The lowest BCUT2D eigenvalue weighted by Gasteiger charge is -2.25. The van der Waals surface area contributed by atoms with E-state index in [-0.39, 0.29) is 6.42 Å². The van der Waals surface area contributed by atoms with Crippen molar-refractivity contribution in [1.82, 2.24) is 14.8 Å². The van der Waals surface area contributed by atoms with Crippen molar-refractivity contribution < 1.29 is 9.90 Å². The van der Waals surface area contributed by atoms with Crippen molar-refractivity contribution in [2.45, 2.75) is 26.8 Å².